The molecule has 3 aromatic heterocycles. The third kappa shape index (κ3) is 5.64. The van der Waals surface area contributed by atoms with E-state index in [-0.39, 0.29) is 5.41 Å². The first-order valence-electron chi connectivity index (χ1n) is 15.6. The maximum Gasteiger partial charge on any atom is 0.141 e. The molecule has 0 N–H and O–H groups in total. The molecule has 5 rings (SSSR count). The zero-order chi connectivity index (χ0) is 31.4. The number of allylic oxidation sites excluding steroid dienone is 2. The van der Waals surface area contributed by atoms with Gasteiger partial charge in [0.2, 0.25) is 0 Å². The molecule has 0 saturated heterocycles. The molecule has 0 bridgehead atoms. The number of anilines is 1. The number of hydrogen-bond donors (Lipinski definition) is 0. The molecule has 4 aromatic rings. The Morgan fingerprint density at radius 2 is 1.56 bits per heavy atom. The molecular formula is C37H49N5O. The van der Waals surface area contributed by atoms with Crippen LogP contribution in [0.3, 0.4) is 0 Å². The normalized spacial score (nSPS) is 14.7. The Morgan fingerprint density at radius 1 is 0.837 bits per heavy atom. The lowest BCUT2D eigenvalue weighted by Gasteiger charge is -2.29. The minimum Gasteiger partial charge on any atom is -0.457 e. The van der Waals surface area contributed by atoms with Crippen molar-refractivity contribution in [2.45, 2.75) is 98.8 Å². The van der Waals surface area contributed by atoms with Crippen molar-refractivity contribution >= 4 is 11.3 Å². The zero-order valence-corrected chi connectivity index (χ0v) is 28.2. The fourth-order valence-corrected chi connectivity index (χ4v) is 6.08. The summed E-state index contributed by atoms with van der Waals surface area (Å²) in [7, 11) is 2.13. The maximum absolute atomic E-state index is 6.67. The SMILES string of the molecule is CC1=C(C)N(c2cccc(Oc3cc(C(C)(C)c4cc(C(C)(C)C)ccn4)n4c(C(C)C)c(C(C)C)nc4c3)c2)CN1C. The van der Waals surface area contributed by atoms with Gasteiger partial charge in [-0.25, -0.2) is 4.98 Å². The van der Waals surface area contributed by atoms with Gasteiger partial charge >= 0.3 is 0 Å². The van der Waals surface area contributed by atoms with Gasteiger partial charge < -0.3 is 14.5 Å². The van der Waals surface area contributed by atoms with E-state index in [0.29, 0.717) is 11.8 Å². The predicted octanol–water partition coefficient (Wildman–Crippen LogP) is 9.35. The number of fused-ring (bicyclic) bond motifs is 1. The van der Waals surface area contributed by atoms with Crippen LogP contribution in [0.2, 0.25) is 0 Å². The molecule has 0 spiro atoms. The Labute approximate surface area is 258 Å². The molecule has 0 aliphatic carbocycles. The monoisotopic (exact) mass is 579 g/mol. The highest BCUT2D eigenvalue weighted by Gasteiger charge is 2.32. The highest BCUT2D eigenvalue weighted by atomic mass is 16.5. The van der Waals surface area contributed by atoms with Crippen LogP contribution in [0.25, 0.3) is 5.65 Å². The van der Waals surface area contributed by atoms with Gasteiger partial charge in [-0.3, -0.25) is 9.38 Å². The van der Waals surface area contributed by atoms with E-state index in [0.717, 1.165) is 46.6 Å². The topological polar surface area (TPSA) is 45.9 Å². The van der Waals surface area contributed by atoms with E-state index < -0.39 is 5.41 Å². The fraction of sp³-hybridized carbons (Fsp3) is 0.459. The highest BCUT2D eigenvalue weighted by molar-refractivity contribution is 5.59. The quantitative estimate of drug-likeness (QED) is 0.218. The lowest BCUT2D eigenvalue weighted by Crippen LogP contribution is -2.26. The second kappa shape index (κ2) is 11.0. The highest BCUT2D eigenvalue weighted by Crippen LogP contribution is 2.40. The summed E-state index contributed by atoms with van der Waals surface area (Å²) >= 11 is 0. The van der Waals surface area contributed by atoms with Crippen molar-refractivity contribution < 1.29 is 4.74 Å². The summed E-state index contributed by atoms with van der Waals surface area (Å²) in [5.74, 6) is 2.18. The first-order chi connectivity index (χ1) is 20.1. The number of pyridine rings is 2. The standard InChI is InChI=1S/C37H49N5O/c1-23(2)34-35(24(3)4)42-32(37(10,11)31-18-27(16-17-38-31)36(7,8)9)20-30(21-33(42)39-34)43-29-15-13-14-28(19-29)41-22-40(12)25(5)26(41)6/h13-21,23-24H,22H2,1-12H3. The van der Waals surface area contributed by atoms with Crippen molar-refractivity contribution in [2.24, 2.45) is 0 Å². The van der Waals surface area contributed by atoms with Crippen molar-refractivity contribution in [1.29, 1.82) is 0 Å². The van der Waals surface area contributed by atoms with Crippen LogP contribution in [0.4, 0.5) is 5.69 Å². The third-order valence-corrected chi connectivity index (χ3v) is 8.98. The van der Waals surface area contributed by atoms with E-state index in [1.54, 1.807) is 0 Å². The summed E-state index contributed by atoms with van der Waals surface area (Å²) in [5, 5.41) is 0. The lowest BCUT2D eigenvalue weighted by molar-refractivity contribution is 0.458. The van der Waals surface area contributed by atoms with Crippen LogP contribution in [-0.2, 0) is 10.8 Å². The van der Waals surface area contributed by atoms with Gasteiger partial charge in [-0.15, -0.1) is 0 Å². The molecule has 0 radical (unpaired) electrons. The van der Waals surface area contributed by atoms with E-state index in [4.69, 9.17) is 14.7 Å². The molecule has 1 aromatic carbocycles. The summed E-state index contributed by atoms with van der Waals surface area (Å²) in [6, 6.07) is 17.1. The molecule has 43 heavy (non-hydrogen) atoms. The van der Waals surface area contributed by atoms with Crippen LogP contribution in [-0.4, -0.2) is 33.0 Å². The van der Waals surface area contributed by atoms with Gasteiger partial charge in [0.25, 0.3) is 0 Å². The number of imidazole rings is 1. The Morgan fingerprint density at radius 3 is 2.16 bits per heavy atom. The maximum atomic E-state index is 6.67. The third-order valence-electron chi connectivity index (χ3n) is 8.98. The first-order valence-corrected chi connectivity index (χ1v) is 15.6. The molecule has 0 atom stereocenters. The van der Waals surface area contributed by atoms with Gasteiger partial charge in [0.15, 0.2) is 0 Å². The first kappa shape index (κ1) is 30.7. The number of nitrogens with zero attached hydrogens (tertiary/aromatic N) is 5. The van der Waals surface area contributed by atoms with Crippen LogP contribution >= 0.6 is 0 Å². The molecule has 0 unspecified atom stereocenters. The number of hydrogen-bond acceptors (Lipinski definition) is 5. The average molecular weight is 580 g/mol. The molecule has 1 aliphatic heterocycles. The number of aromatic nitrogens is 3. The number of benzene rings is 1. The molecule has 0 amide bonds. The second-order valence-corrected chi connectivity index (χ2v) is 14.3. The molecule has 1 aliphatic rings. The van der Waals surface area contributed by atoms with Crippen LogP contribution in [0, 0.1) is 0 Å². The van der Waals surface area contributed by atoms with Crippen molar-refractivity contribution in [3.8, 4) is 11.5 Å². The van der Waals surface area contributed by atoms with Crippen molar-refractivity contribution in [3.63, 3.8) is 0 Å². The Kier molecular flexibility index (Phi) is 7.87. The van der Waals surface area contributed by atoms with Gasteiger partial charge in [-0.05, 0) is 74.8 Å². The molecular weight excluding hydrogens is 530 g/mol. The smallest absolute Gasteiger partial charge is 0.141 e. The Hall–Kier alpha value is -3.80. The van der Waals surface area contributed by atoms with E-state index in [1.807, 2.05) is 12.3 Å². The second-order valence-electron chi connectivity index (χ2n) is 14.3. The van der Waals surface area contributed by atoms with E-state index in [2.05, 4.69) is 140 Å². The molecule has 0 fully saturated rings. The minimum atomic E-state index is -0.418. The van der Waals surface area contributed by atoms with E-state index in [9.17, 15) is 0 Å². The number of rotatable bonds is 7. The summed E-state index contributed by atoms with van der Waals surface area (Å²) in [5.41, 5.74) is 10.00. The van der Waals surface area contributed by atoms with E-state index >= 15 is 0 Å². The predicted molar refractivity (Wildman–Crippen MR) is 178 cm³/mol. The molecule has 6 nitrogen and oxygen atoms in total. The molecule has 228 valence electrons. The van der Waals surface area contributed by atoms with E-state index in [1.165, 1.54) is 22.7 Å². The van der Waals surface area contributed by atoms with Gasteiger partial charge in [-0.1, -0.05) is 54.5 Å². The van der Waals surface area contributed by atoms with Crippen LogP contribution < -0.4 is 9.64 Å². The zero-order valence-electron chi connectivity index (χ0n) is 28.2. The summed E-state index contributed by atoms with van der Waals surface area (Å²) < 4.78 is 9.03. The van der Waals surface area contributed by atoms with Crippen molar-refractivity contribution in [1.82, 2.24) is 19.3 Å². The Balaban J connectivity index is 1.66. The van der Waals surface area contributed by atoms with Crippen molar-refractivity contribution in [2.75, 3.05) is 18.6 Å². The van der Waals surface area contributed by atoms with Gasteiger partial charge in [0.1, 0.15) is 17.1 Å². The minimum absolute atomic E-state index is 0.0260. The largest absolute Gasteiger partial charge is 0.457 e. The summed E-state index contributed by atoms with van der Waals surface area (Å²) in [6.07, 6.45) is 1.95. The van der Waals surface area contributed by atoms with Crippen LogP contribution in [0.15, 0.2) is 66.1 Å². The van der Waals surface area contributed by atoms with Gasteiger partial charge in [-0.2, -0.15) is 0 Å². The number of ether oxygens (including phenoxy) is 1. The van der Waals surface area contributed by atoms with Crippen LogP contribution in [0.5, 0.6) is 11.5 Å². The van der Waals surface area contributed by atoms with Gasteiger partial charge in [0.05, 0.1) is 18.1 Å². The Bertz CT molecular complexity index is 1690. The lowest BCUT2D eigenvalue weighted by atomic mass is 9.80. The summed E-state index contributed by atoms with van der Waals surface area (Å²) in [6.45, 7) is 25.4. The molecule has 0 saturated carbocycles. The fourth-order valence-electron chi connectivity index (χ4n) is 6.08. The molecule has 6 heteroatoms. The average Bonchev–Trinajstić information content (AvgIpc) is 3.45. The van der Waals surface area contributed by atoms with Crippen LogP contribution in [0.1, 0.15) is 116 Å². The summed E-state index contributed by atoms with van der Waals surface area (Å²) in [4.78, 5) is 14.7. The van der Waals surface area contributed by atoms with Gasteiger partial charge in [0, 0.05) is 65.3 Å². The van der Waals surface area contributed by atoms with Crippen molar-refractivity contribution in [3.05, 3.63) is 94.5 Å². The molecule has 4 heterocycles.